The standard InChI is InChI=1S/C24H25F3N4O2/c1-32-20-9-8-18(31-15-29-30-22(31)24(25,26)27)12-19(20)17-13-23(33-14-17)10-5-11-28-21(23)16-6-3-2-4-7-16/h2-4,6-9,12,15,17,21,28H,5,10-11,13-14H2,1H3/t17-,21+,23-/m1/s1. The predicted octanol–water partition coefficient (Wildman–Crippen LogP) is 4.66. The number of aromatic nitrogens is 3. The molecule has 0 amide bonds. The van der Waals surface area contributed by atoms with Crippen LogP contribution in [0, 0.1) is 0 Å². The molecule has 2 saturated heterocycles. The van der Waals surface area contributed by atoms with E-state index in [1.165, 1.54) is 5.56 Å². The molecule has 3 aromatic rings. The molecule has 0 unspecified atom stereocenters. The number of nitrogens with zero attached hydrogens (tertiary/aromatic N) is 3. The molecule has 2 fully saturated rings. The Labute approximate surface area is 189 Å². The summed E-state index contributed by atoms with van der Waals surface area (Å²) in [6.07, 6.45) is -0.858. The molecule has 0 bridgehead atoms. The van der Waals surface area contributed by atoms with Crippen molar-refractivity contribution in [3.8, 4) is 11.4 Å². The molecule has 1 spiro atoms. The van der Waals surface area contributed by atoms with Crippen LogP contribution in [-0.4, -0.2) is 40.6 Å². The molecule has 2 aliphatic heterocycles. The van der Waals surface area contributed by atoms with Crippen molar-refractivity contribution in [3.05, 3.63) is 71.8 Å². The van der Waals surface area contributed by atoms with Crippen molar-refractivity contribution >= 4 is 0 Å². The van der Waals surface area contributed by atoms with Gasteiger partial charge >= 0.3 is 6.18 Å². The van der Waals surface area contributed by atoms with Crippen LogP contribution < -0.4 is 10.1 Å². The zero-order valence-corrected chi connectivity index (χ0v) is 18.2. The second kappa shape index (κ2) is 8.46. The van der Waals surface area contributed by atoms with Gasteiger partial charge in [-0.3, -0.25) is 4.57 Å². The number of hydrogen-bond donors (Lipinski definition) is 1. The minimum Gasteiger partial charge on any atom is -0.496 e. The summed E-state index contributed by atoms with van der Waals surface area (Å²) < 4.78 is 53.2. The van der Waals surface area contributed by atoms with E-state index in [0.29, 0.717) is 18.0 Å². The van der Waals surface area contributed by atoms with Gasteiger partial charge in [0, 0.05) is 17.2 Å². The van der Waals surface area contributed by atoms with Crippen molar-refractivity contribution in [2.75, 3.05) is 20.3 Å². The first-order valence-corrected chi connectivity index (χ1v) is 11.0. The zero-order chi connectivity index (χ0) is 23.1. The normalized spacial score (nSPS) is 25.5. The maximum absolute atomic E-state index is 13.4. The van der Waals surface area contributed by atoms with Gasteiger partial charge in [-0.15, -0.1) is 10.2 Å². The average Bonchev–Trinajstić information content (AvgIpc) is 3.48. The summed E-state index contributed by atoms with van der Waals surface area (Å²) in [7, 11) is 1.57. The van der Waals surface area contributed by atoms with Gasteiger partial charge in [0.05, 0.1) is 25.4 Å². The Hall–Kier alpha value is -2.91. The molecule has 1 aromatic heterocycles. The van der Waals surface area contributed by atoms with Crippen LogP contribution in [0.1, 0.15) is 48.2 Å². The minimum atomic E-state index is -4.60. The number of rotatable bonds is 4. The smallest absolute Gasteiger partial charge is 0.452 e. The van der Waals surface area contributed by atoms with Crippen molar-refractivity contribution in [2.24, 2.45) is 0 Å². The van der Waals surface area contributed by atoms with Crippen molar-refractivity contribution < 1.29 is 22.6 Å². The van der Waals surface area contributed by atoms with E-state index < -0.39 is 12.0 Å². The summed E-state index contributed by atoms with van der Waals surface area (Å²) in [4.78, 5) is 0. The molecule has 2 aliphatic rings. The van der Waals surface area contributed by atoms with Crippen LogP contribution in [0.15, 0.2) is 54.9 Å². The van der Waals surface area contributed by atoms with Crippen LogP contribution in [0.5, 0.6) is 5.75 Å². The van der Waals surface area contributed by atoms with Crippen molar-refractivity contribution in [3.63, 3.8) is 0 Å². The van der Waals surface area contributed by atoms with Crippen LogP contribution in [0.2, 0.25) is 0 Å². The highest BCUT2D eigenvalue weighted by molar-refractivity contribution is 5.47. The summed E-state index contributed by atoms with van der Waals surface area (Å²) in [5.74, 6) is -0.443. The van der Waals surface area contributed by atoms with E-state index in [0.717, 1.165) is 42.3 Å². The maximum atomic E-state index is 13.4. The van der Waals surface area contributed by atoms with Crippen LogP contribution in [0.3, 0.4) is 0 Å². The van der Waals surface area contributed by atoms with Gasteiger partial charge in [0.15, 0.2) is 0 Å². The van der Waals surface area contributed by atoms with Gasteiger partial charge < -0.3 is 14.8 Å². The number of hydrogen-bond acceptors (Lipinski definition) is 5. The summed E-state index contributed by atoms with van der Waals surface area (Å²) in [5.41, 5.74) is 1.97. The number of benzene rings is 2. The van der Waals surface area contributed by atoms with E-state index in [1.54, 1.807) is 25.3 Å². The topological polar surface area (TPSA) is 61.2 Å². The first-order chi connectivity index (χ1) is 15.9. The number of piperidine rings is 1. The van der Waals surface area contributed by atoms with E-state index in [1.807, 2.05) is 18.2 Å². The van der Waals surface area contributed by atoms with Crippen LogP contribution in [0.4, 0.5) is 13.2 Å². The molecule has 5 rings (SSSR count). The lowest BCUT2D eigenvalue weighted by Crippen LogP contribution is -2.48. The number of methoxy groups -OCH3 is 1. The second-order valence-corrected chi connectivity index (χ2v) is 8.63. The highest BCUT2D eigenvalue weighted by atomic mass is 19.4. The first kappa shape index (κ1) is 21.9. The Kier molecular flexibility index (Phi) is 5.62. The van der Waals surface area contributed by atoms with Gasteiger partial charge in [-0.2, -0.15) is 13.2 Å². The number of ether oxygens (including phenoxy) is 2. The molecule has 6 nitrogen and oxygen atoms in total. The number of halogens is 3. The minimum absolute atomic E-state index is 0.0168. The molecule has 174 valence electrons. The Morgan fingerprint density at radius 1 is 1.18 bits per heavy atom. The third-order valence-electron chi connectivity index (χ3n) is 6.68. The summed E-state index contributed by atoms with van der Waals surface area (Å²) >= 11 is 0. The molecular weight excluding hydrogens is 433 g/mol. The van der Waals surface area contributed by atoms with Crippen molar-refractivity contribution in [1.29, 1.82) is 0 Å². The summed E-state index contributed by atoms with van der Waals surface area (Å²) in [5, 5.41) is 10.4. The predicted molar refractivity (Wildman–Crippen MR) is 115 cm³/mol. The van der Waals surface area contributed by atoms with Crippen molar-refractivity contribution in [1.82, 2.24) is 20.1 Å². The Morgan fingerprint density at radius 3 is 2.76 bits per heavy atom. The summed E-state index contributed by atoms with van der Waals surface area (Å²) in [6.45, 7) is 1.39. The highest BCUT2D eigenvalue weighted by Gasteiger charge is 2.49. The molecule has 2 aromatic carbocycles. The van der Waals surface area contributed by atoms with E-state index in [2.05, 4.69) is 27.6 Å². The fraction of sp³-hybridized carbons (Fsp3) is 0.417. The van der Waals surface area contributed by atoms with Gasteiger partial charge in [-0.05, 0) is 49.6 Å². The van der Waals surface area contributed by atoms with E-state index in [4.69, 9.17) is 9.47 Å². The van der Waals surface area contributed by atoms with Crippen LogP contribution in [0.25, 0.3) is 5.69 Å². The highest BCUT2D eigenvalue weighted by Crippen LogP contribution is 2.49. The third kappa shape index (κ3) is 4.00. The number of alkyl halides is 3. The van der Waals surface area contributed by atoms with Gasteiger partial charge in [0.2, 0.25) is 5.82 Å². The van der Waals surface area contributed by atoms with E-state index in [9.17, 15) is 13.2 Å². The lowest BCUT2D eigenvalue weighted by molar-refractivity contribution is -0.146. The molecule has 0 aliphatic carbocycles. The molecule has 33 heavy (non-hydrogen) atoms. The average molecular weight is 458 g/mol. The molecule has 1 N–H and O–H groups in total. The van der Waals surface area contributed by atoms with Crippen LogP contribution in [-0.2, 0) is 10.9 Å². The van der Waals surface area contributed by atoms with Gasteiger partial charge in [0.25, 0.3) is 0 Å². The quantitative estimate of drug-likeness (QED) is 0.616. The van der Waals surface area contributed by atoms with Crippen molar-refractivity contribution in [2.45, 2.75) is 43.0 Å². The zero-order valence-electron chi connectivity index (χ0n) is 18.2. The number of nitrogens with one attached hydrogen (secondary N) is 1. The molecular formula is C24H25F3N4O2. The molecule has 0 saturated carbocycles. The largest absolute Gasteiger partial charge is 0.496 e. The first-order valence-electron chi connectivity index (χ1n) is 11.0. The van der Waals surface area contributed by atoms with Gasteiger partial charge in [-0.25, -0.2) is 0 Å². The van der Waals surface area contributed by atoms with E-state index in [-0.39, 0.29) is 17.6 Å². The fourth-order valence-corrected chi connectivity index (χ4v) is 5.22. The third-order valence-corrected chi connectivity index (χ3v) is 6.68. The fourth-order valence-electron chi connectivity index (χ4n) is 5.22. The molecule has 0 radical (unpaired) electrons. The molecule has 3 heterocycles. The molecule has 3 atom stereocenters. The van der Waals surface area contributed by atoms with Crippen LogP contribution >= 0.6 is 0 Å². The van der Waals surface area contributed by atoms with Gasteiger partial charge in [0.1, 0.15) is 12.1 Å². The lowest BCUT2D eigenvalue weighted by Gasteiger charge is -2.41. The summed E-state index contributed by atoms with van der Waals surface area (Å²) in [6, 6.07) is 15.3. The maximum Gasteiger partial charge on any atom is 0.452 e. The monoisotopic (exact) mass is 458 g/mol. The SMILES string of the molecule is COc1ccc(-n2cnnc2C(F)(F)F)cc1[C@H]1CO[C@]2(CCCN[C@H]2c2ccccc2)C1. The second-order valence-electron chi connectivity index (χ2n) is 8.63. The lowest BCUT2D eigenvalue weighted by atomic mass is 9.77. The Bertz CT molecular complexity index is 1120. The Balaban J connectivity index is 1.49. The van der Waals surface area contributed by atoms with E-state index >= 15 is 0 Å². The molecule has 9 heteroatoms. The Morgan fingerprint density at radius 2 is 2.00 bits per heavy atom. The van der Waals surface area contributed by atoms with Gasteiger partial charge in [-0.1, -0.05) is 30.3 Å².